The Labute approximate surface area is 195 Å². The molecule has 0 spiro atoms. The Morgan fingerprint density at radius 3 is 2.39 bits per heavy atom. The van der Waals surface area contributed by atoms with Crippen molar-refractivity contribution in [1.29, 1.82) is 0 Å². The maximum atomic E-state index is 12.8. The first-order chi connectivity index (χ1) is 14.0. The molecular formula is C22H23BrClN5O2. The lowest BCUT2D eigenvalue weighted by Crippen LogP contribution is -2.19. The van der Waals surface area contributed by atoms with E-state index in [0.29, 0.717) is 11.5 Å². The largest absolute Gasteiger partial charge is 0.412 e. The second kappa shape index (κ2) is 10.4. The van der Waals surface area contributed by atoms with Gasteiger partial charge in [0.2, 0.25) is 5.91 Å². The second-order valence-corrected chi connectivity index (χ2v) is 7.78. The Bertz CT molecular complexity index is 1160. The van der Waals surface area contributed by atoms with Crippen molar-refractivity contribution in [1.82, 2.24) is 14.5 Å². The maximum Gasteiger partial charge on any atom is 0.244 e. The number of imidazole rings is 1. The zero-order valence-electron chi connectivity index (χ0n) is 17.0. The average Bonchev–Trinajstić information content (AvgIpc) is 3.07. The van der Waals surface area contributed by atoms with Crippen LogP contribution in [0.1, 0.15) is 0 Å². The molecule has 3 N–H and O–H groups in total. The van der Waals surface area contributed by atoms with Gasteiger partial charge in [-0.05, 0) is 48.5 Å². The standard InChI is InChI=1S/C22H20BrN5O.ClH.H2O/c1-27(2)18-11-9-17(10-12-18)25-20(29)14-28-21(15-5-7-16(23)8-6-15)26-19-4-3-13-24-22(19)28;;/h3-13H,14H2,1-2H3,(H,25,29);1H;1H2. The highest BCUT2D eigenvalue weighted by Crippen LogP contribution is 2.25. The van der Waals surface area contributed by atoms with Crippen LogP contribution in [0.25, 0.3) is 22.6 Å². The number of hydrogen-bond donors (Lipinski definition) is 1. The molecule has 0 fully saturated rings. The fourth-order valence-electron chi connectivity index (χ4n) is 3.11. The Morgan fingerprint density at radius 1 is 1.06 bits per heavy atom. The molecule has 0 unspecified atom stereocenters. The van der Waals surface area contributed by atoms with Gasteiger partial charge in [0.1, 0.15) is 17.9 Å². The van der Waals surface area contributed by atoms with Crippen LogP contribution in [0.3, 0.4) is 0 Å². The molecule has 2 aromatic carbocycles. The zero-order valence-corrected chi connectivity index (χ0v) is 19.4. The van der Waals surface area contributed by atoms with E-state index in [1.54, 1.807) is 6.20 Å². The number of halogens is 2. The van der Waals surface area contributed by atoms with E-state index in [4.69, 9.17) is 4.98 Å². The van der Waals surface area contributed by atoms with Crippen LogP contribution in [0.2, 0.25) is 0 Å². The van der Waals surface area contributed by atoms with E-state index in [0.717, 1.165) is 26.9 Å². The van der Waals surface area contributed by atoms with Crippen molar-refractivity contribution in [3.05, 3.63) is 71.3 Å². The molecule has 0 aliphatic carbocycles. The van der Waals surface area contributed by atoms with Gasteiger partial charge in [0.05, 0.1) is 0 Å². The first-order valence-corrected chi connectivity index (χ1v) is 9.95. The van der Waals surface area contributed by atoms with E-state index < -0.39 is 0 Å². The number of rotatable bonds is 5. The lowest BCUT2D eigenvalue weighted by molar-refractivity contribution is -0.116. The topological polar surface area (TPSA) is 94.6 Å². The molecule has 2 heterocycles. The zero-order chi connectivity index (χ0) is 20.4. The molecule has 0 saturated heterocycles. The third kappa shape index (κ3) is 5.41. The van der Waals surface area contributed by atoms with Gasteiger partial charge < -0.3 is 15.7 Å². The molecule has 0 bridgehead atoms. The summed E-state index contributed by atoms with van der Waals surface area (Å²) in [7, 11) is 3.96. The van der Waals surface area contributed by atoms with Crippen LogP contribution in [0.5, 0.6) is 0 Å². The van der Waals surface area contributed by atoms with Gasteiger partial charge in [-0.2, -0.15) is 0 Å². The summed E-state index contributed by atoms with van der Waals surface area (Å²) in [5.74, 6) is 0.579. The minimum atomic E-state index is -0.133. The Balaban J connectivity index is 0.00000171. The van der Waals surface area contributed by atoms with Crippen LogP contribution in [0, 0.1) is 0 Å². The fraction of sp³-hybridized carbons (Fsp3) is 0.136. The van der Waals surface area contributed by atoms with Crippen molar-refractivity contribution in [3.8, 4) is 11.4 Å². The van der Waals surface area contributed by atoms with Crippen LogP contribution >= 0.6 is 28.3 Å². The lowest BCUT2D eigenvalue weighted by Gasteiger charge is -2.13. The van der Waals surface area contributed by atoms with Crippen LogP contribution in [0.4, 0.5) is 11.4 Å². The molecule has 0 aliphatic heterocycles. The molecular weight excluding hydrogens is 482 g/mol. The number of carbonyl (C=O) groups excluding carboxylic acids is 1. The average molecular weight is 505 g/mol. The first kappa shape index (κ1) is 24.3. The summed E-state index contributed by atoms with van der Waals surface area (Å²) in [6.45, 7) is 0.119. The second-order valence-electron chi connectivity index (χ2n) is 6.86. The van der Waals surface area contributed by atoms with E-state index >= 15 is 0 Å². The monoisotopic (exact) mass is 503 g/mol. The summed E-state index contributed by atoms with van der Waals surface area (Å²) >= 11 is 3.46. The molecule has 4 aromatic rings. The summed E-state index contributed by atoms with van der Waals surface area (Å²) in [6, 6.07) is 19.3. The highest BCUT2D eigenvalue weighted by Gasteiger charge is 2.16. The number of benzene rings is 2. The number of fused-ring (bicyclic) bond motifs is 1. The van der Waals surface area contributed by atoms with Crippen molar-refractivity contribution in [2.24, 2.45) is 0 Å². The normalized spacial score (nSPS) is 10.2. The lowest BCUT2D eigenvalue weighted by atomic mass is 10.2. The van der Waals surface area contributed by atoms with Gasteiger partial charge in [-0.15, -0.1) is 12.4 Å². The smallest absolute Gasteiger partial charge is 0.244 e. The van der Waals surface area contributed by atoms with Gasteiger partial charge in [0, 0.05) is 41.7 Å². The number of anilines is 2. The molecule has 31 heavy (non-hydrogen) atoms. The first-order valence-electron chi connectivity index (χ1n) is 9.16. The molecule has 2 aromatic heterocycles. The summed E-state index contributed by atoms with van der Waals surface area (Å²) < 4.78 is 2.84. The van der Waals surface area contributed by atoms with E-state index in [2.05, 4.69) is 26.2 Å². The summed E-state index contributed by atoms with van der Waals surface area (Å²) in [4.78, 5) is 23.9. The Hall–Kier alpha value is -2.94. The van der Waals surface area contributed by atoms with Gasteiger partial charge in [0.15, 0.2) is 5.65 Å². The van der Waals surface area contributed by atoms with Crippen LogP contribution in [-0.2, 0) is 11.3 Å². The van der Waals surface area contributed by atoms with Crippen LogP contribution in [-0.4, -0.2) is 40.0 Å². The molecule has 9 heteroatoms. The molecule has 0 radical (unpaired) electrons. The van der Waals surface area contributed by atoms with E-state index in [1.807, 2.05) is 84.2 Å². The number of amides is 1. The maximum absolute atomic E-state index is 12.8. The number of nitrogens with zero attached hydrogens (tertiary/aromatic N) is 4. The number of aromatic nitrogens is 3. The van der Waals surface area contributed by atoms with E-state index in [1.165, 1.54) is 0 Å². The van der Waals surface area contributed by atoms with Gasteiger partial charge in [-0.25, -0.2) is 9.97 Å². The Morgan fingerprint density at radius 2 is 1.74 bits per heavy atom. The number of carbonyl (C=O) groups is 1. The quantitative estimate of drug-likeness (QED) is 0.441. The van der Waals surface area contributed by atoms with Crippen molar-refractivity contribution in [2.75, 3.05) is 24.3 Å². The Kier molecular flexibility index (Phi) is 8.15. The highest BCUT2D eigenvalue weighted by molar-refractivity contribution is 9.10. The predicted octanol–water partition coefficient (Wildman–Crippen LogP) is 4.16. The summed E-state index contributed by atoms with van der Waals surface area (Å²) in [5.41, 5.74) is 4.19. The van der Waals surface area contributed by atoms with Crippen LogP contribution < -0.4 is 10.2 Å². The van der Waals surface area contributed by atoms with E-state index in [-0.39, 0.29) is 30.3 Å². The SMILES string of the molecule is CN(C)c1ccc(NC(=O)Cn2c(-c3ccc(Br)cc3)nc3cccnc32)cc1.Cl.O. The third-order valence-corrected chi connectivity index (χ3v) is 5.10. The van der Waals surface area contributed by atoms with Crippen LogP contribution in [0.15, 0.2) is 71.3 Å². The molecule has 0 aliphatic rings. The van der Waals surface area contributed by atoms with E-state index in [9.17, 15) is 4.79 Å². The summed E-state index contributed by atoms with van der Waals surface area (Å²) in [6.07, 6.45) is 1.71. The minimum absolute atomic E-state index is 0. The number of hydrogen-bond acceptors (Lipinski definition) is 4. The molecule has 7 nitrogen and oxygen atoms in total. The minimum Gasteiger partial charge on any atom is -0.412 e. The highest BCUT2D eigenvalue weighted by atomic mass is 79.9. The van der Waals surface area contributed by atoms with Crippen molar-refractivity contribution >= 4 is 56.8 Å². The van der Waals surface area contributed by atoms with Gasteiger partial charge in [-0.1, -0.05) is 28.1 Å². The van der Waals surface area contributed by atoms with Gasteiger partial charge >= 0.3 is 0 Å². The third-order valence-electron chi connectivity index (χ3n) is 4.58. The summed E-state index contributed by atoms with van der Waals surface area (Å²) in [5, 5.41) is 2.96. The van der Waals surface area contributed by atoms with Crippen molar-refractivity contribution in [2.45, 2.75) is 6.54 Å². The molecule has 0 saturated carbocycles. The molecule has 1 amide bonds. The predicted molar refractivity (Wildman–Crippen MR) is 131 cm³/mol. The fourth-order valence-corrected chi connectivity index (χ4v) is 3.38. The molecule has 0 atom stereocenters. The molecule has 4 rings (SSSR count). The van der Waals surface area contributed by atoms with Gasteiger partial charge in [0.25, 0.3) is 0 Å². The van der Waals surface area contributed by atoms with Gasteiger partial charge in [-0.3, -0.25) is 9.36 Å². The van der Waals surface area contributed by atoms with Crippen molar-refractivity contribution in [3.63, 3.8) is 0 Å². The van der Waals surface area contributed by atoms with Crippen molar-refractivity contribution < 1.29 is 10.3 Å². The number of nitrogens with one attached hydrogen (secondary N) is 1. The molecule has 162 valence electrons. The number of pyridine rings is 1.